The quantitative estimate of drug-likeness (QED) is 0.786. The van der Waals surface area contributed by atoms with Crippen molar-refractivity contribution in [2.24, 2.45) is 0 Å². The Labute approximate surface area is 118 Å². The van der Waals surface area contributed by atoms with Crippen LogP contribution in [0.4, 0.5) is 5.82 Å². The van der Waals surface area contributed by atoms with Crippen molar-refractivity contribution in [3.05, 3.63) is 23.4 Å². The molecule has 0 saturated carbocycles. The number of carboxylic acid groups (broad SMARTS) is 1. The van der Waals surface area contributed by atoms with E-state index < -0.39 is 5.97 Å². The van der Waals surface area contributed by atoms with Crippen LogP contribution in [0.3, 0.4) is 0 Å². The first-order chi connectivity index (χ1) is 9.51. The molecule has 1 rings (SSSR count). The summed E-state index contributed by atoms with van der Waals surface area (Å²) in [4.78, 5) is 28.9. The van der Waals surface area contributed by atoms with Crippen LogP contribution in [-0.2, 0) is 11.2 Å². The smallest absolute Gasteiger partial charge is 0.335 e. The Morgan fingerprint density at radius 3 is 2.55 bits per heavy atom. The van der Waals surface area contributed by atoms with Gasteiger partial charge in [0, 0.05) is 19.3 Å². The number of aryl methyl sites for hydroxylation is 1. The molecular weight excluding hydrogens is 258 g/mol. The highest BCUT2D eigenvalue weighted by Gasteiger charge is 2.15. The summed E-state index contributed by atoms with van der Waals surface area (Å²) < 4.78 is 0. The second-order valence-corrected chi connectivity index (χ2v) is 4.46. The van der Waals surface area contributed by atoms with E-state index in [0.717, 1.165) is 6.42 Å². The van der Waals surface area contributed by atoms with Crippen molar-refractivity contribution in [1.29, 1.82) is 0 Å². The first kappa shape index (κ1) is 15.9. The Morgan fingerprint density at radius 2 is 2.05 bits per heavy atom. The molecule has 6 heteroatoms. The van der Waals surface area contributed by atoms with Gasteiger partial charge in [-0.2, -0.15) is 0 Å². The Balaban J connectivity index is 3.13. The fourth-order valence-electron chi connectivity index (χ4n) is 1.84. The molecule has 1 aromatic rings. The first-order valence-corrected chi connectivity index (χ1v) is 6.71. The Hall–Kier alpha value is -2.11. The van der Waals surface area contributed by atoms with Crippen LogP contribution in [0.2, 0.25) is 0 Å². The predicted octanol–water partition coefficient (Wildman–Crippen LogP) is 1.30. The molecule has 0 bridgehead atoms. The van der Waals surface area contributed by atoms with E-state index in [4.69, 9.17) is 5.11 Å². The van der Waals surface area contributed by atoms with Gasteiger partial charge in [0.2, 0.25) is 5.91 Å². The van der Waals surface area contributed by atoms with Crippen LogP contribution in [0.15, 0.2) is 12.1 Å². The average Bonchev–Trinajstić information content (AvgIpc) is 2.45. The number of hydrogen-bond acceptors (Lipinski definition) is 4. The second kappa shape index (κ2) is 7.47. The number of aromatic nitrogens is 1. The molecule has 0 aliphatic carbocycles. The van der Waals surface area contributed by atoms with E-state index in [9.17, 15) is 9.59 Å². The molecule has 0 unspecified atom stereocenters. The number of pyridine rings is 1. The minimum Gasteiger partial charge on any atom is -0.478 e. The van der Waals surface area contributed by atoms with Gasteiger partial charge in [-0.25, -0.2) is 9.78 Å². The summed E-state index contributed by atoms with van der Waals surface area (Å²) >= 11 is 0. The van der Waals surface area contributed by atoms with Gasteiger partial charge in [0.05, 0.1) is 12.1 Å². The van der Waals surface area contributed by atoms with E-state index in [2.05, 4.69) is 10.3 Å². The summed E-state index contributed by atoms with van der Waals surface area (Å²) in [6.07, 6.45) is 1.49. The molecule has 0 aliphatic rings. The highest BCUT2D eigenvalue weighted by Crippen LogP contribution is 2.16. The van der Waals surface area contributed by atoms with Gasteiger partial charge in [-0.3, -0.25) is 4.79 Å². The zero-order valence-electron chi connectivity index (χ0n) is 12.1. The molecule has 0 radical (unpaired) electrons. The number of nitrogens with zero attached hydrogens (tertiary/aromatic N) is 2. The molecule has 0 spiro atoms. The Bertz CT molecular complexity index is 489. The summed E-state index contributed by atoms with van der Waals surface area (Å²) in [5, 5.41) is 11.7. The maximum absolute atomic E-state index is 11.5. The lowest BCUT2D eigenvalue weighted by Crippen LogP contribution is -2.36. The molecule has 0 fully saturated rings. The number of carbonyl (C=O) groups excluding carboxylic acids is 1. The van der Waals surface area contributed by atoms with Crippen molar-refractivity contribution < 1.29 is 14.7 Å². The van der Waals surface area contributed by atoms with Crippen LogP contribution in [-0.4, -0.2) is 42.1 Å². The van der Waals surface area contributed by atoms with E-state index in [1.165, 1.54) is 6.07 Å². The number of carbonyl (C=O) groups is 2. The van der Waals surface area contributed by atoms with Crippen LogP contribution >= 0.6 is 0 Å². The van der Waals surface area contributed by atoms with E-state index >= 15 is 0 Å². The van der Waals surface area contributed by atoms with E-state index in [1.807, 2.05) is 13.8 Å². The molecule has 0 saturated heterocycles. The van der Waals surface area contributed by atoms with Gasteiger partial charge in [-0.05, 0) is 25.0 Å². The third-order valence-electron chi connectivity index (χ3n) is 2.90. The number of amides is 1. The summed E-state index contributed by atoms with van der Waals surface area (Å²) in [6, 6.07) is 3.08. The fourth-order valence-corrected chi connectivity index (χ4v) is 1.84. The van der Waals surface area contributed by atoms with Crippen LogP contribution in [0.25, 0.3) is 0 Å². The summed E-state index contributed by atoms with van der Waals surface area (Å²) in [6.45, 7) is 4.73. The van der Waals surface area contributed by atoms with Gasteiger partial charge in [0.1, 0.15) is 5.82 Å². The van der Waals surface area contributed by atoms with Crippen LogP contribution in [0.5, 0.6) is 0 Å². The van der Waals surface area contributed by atoms with E-state index in [0.29, 0.717) is 24.5 Å². The molecule has 6 nitrogen and oxygen atoms in total. The molecule has 0 aliphatic heterocycles. The van der Waals surface area contributed by atoms with Crippen molar-refractivity contribution in [3.63, 3.8) is 0 Å². The molecule has 0 aromatic carbocycles. The highest BCUT2D eigenvalue weighted by atomic mass is 16.4. The number of rotatable bonds is 7. The van der Waals surface area contributed by atoms with E-state index in [1.54, 1.807) is 18.0 Å². The molecular formula is C14H21N3O3. The number of likely N-dealkylation sites (N-methyl/N-ethyl adjacent to an activating group) is 1. The van der Waals surface area contributed by atoms with Gasteiger partial charge in [0.15, 0.2) is 0 Å². The van der Waals surface area contributed by atoms with Crippen molar-refractivity contribution in [1.82, 2.24) is 10.3 Å². The van der Waals surface area contributed by atoms with E-state index in [-0.39, 0.29) is 18.0 Å². The molecule has 1 heterocycles. The molecule has 0 atom stereocenters. The number of aromatic carboxylic acids is 1. The van der Waals surface area contributed by atoms with Crippen LogP contribution in [0, 0.1) is 0 Å². The molecule has 2 N–H and O–H groups in total. The highest BCUT2D eigenvalue weighted by molar-refractivity contribution is 5.89. The lowest BCUT2D eigenvalue weighted by Gasteiger charge is -2.23. The largest absolute Gasteiger partial charge is 0.478 e. The zero-order chi connectivity index (χ0) is 15.1. The van der Waals surface area contributed by atoms with Gasteiger partial charge >= 0.3 is 5.97 Å². The van der Waals surface area contributed by atoms with Crippen LogP contribution < -0.4 is 10.2 Å². The number of hydrogen-bond donors (Lipinski definition) is 2. The minimum atomic E-state index is -0.986. The SMILES string of the molecule is CCCN(CC(=O)NC)c1cc(C(=O)O)cc(CC)n1. The van der Waals surface area contributed by atoms with Crippen molar-refractivity contribution in [3.8, 4) is 0 Å². The topological polar surface area (TPSA) is 82.5 Å². The standard InChI is InChI=1S/C14H21N3O3/c1-4-6-17(9-13(18)15-3)12-8-10(14(19)20)7-11(5-2)16-12/h7-8H,4-6,9H2,1-3H3,(H,15,18)(H,19,20). The maximum atomic E-state index is 11.5. The van der Waals surface area contributed by atoms with Gasteiger partial charge in [0.25, 0.3) is 0 Å². The van der Waals surface area contributed by atoms with Crippen LogP contribution in [0.1, 0.15) is 36.3 Å². The monoisotopic (exact) mass is 279 g/mol. The van der Waals surface area contributed by atoms with Crippen molar-refractivity contribution in [2.45, 2.75) is 26.7 Å². The molecule has 1 aromatic heterocycles. The fraction of sp³-hybridized carbons (Fsp3) is 0.500. The molecule has 110 valence electrons. The Morgan fingerprint density at radius 1 is 1.35 bits per heavy atom. The average molecular weight is 279 g/mol. The summed E-state index contributed by atoms with van der Waals surface area (Å²) in [5.41, 5.74) is 0.905. The number of anilines is 1. The van der Waals surface area contributed by atoms with Crippen molar-refractivity contribution >= 4 is 17.7 Å². The summed E-state index contributed by atoms with van der Waals surface area (Å²) in [5.74, 6) is -0.578. The number of carboxylic acids is 1. The molecule has 1 amide bonds. The van der Waals surface area contributed by atoms with Crippen molar-refractivity contribution in [2.75, 3.05) is 25.0 Å². The van der Waals surface area contributed by atoms with Gasteiger partial charge < -0.3 is 15.3 Å². The van der Waals surface area contributed by atoms with Gasteiger partial charge in [-0.1, -0.05) is 13.8 Å². The normalized spacial score (nSPS) is 10.2. The zero-order valence-corrected chi connectivity index (χ0v) is 12.1. The third-order valence-corrected chi connectivity index (χ3v) is 2.90. The predicted molar refractivity (Wildman–Crippen MR) is 77.1 cm³/mol. The minimum absolute atomic E-state index is 0.126. The van der Waals surface area contributed by atoms with Gasteiger partial charge in [-0.15, -0.1) is 0 Å². The Kier molecular flexibility index (Phi) is 5.96. The lowest BCUT2D eigenvalue weighted by atomic mass is 10.2. The second-order valence-electron chi connectivity index (χ2n) is 4.46. The number of nitrogens with one attached hydrogen (secondary N) is 1. The first-order valence-electron chi connectivity index (χ1n) is 6.71. The maximum Gasteiger partial charge on any atom is 0.335 e. The third kappa shape index (κ3) is 4.22. The lowest BCUT2D eigenvalue weighted by molar-refractivity contribution is -0.119. The summed E-state index contributed by atoms with van der Waals surface area (Å²) in [7, 11) is 1.57. The molecule has 20 heavy (non-hydrogen) atoms.